The molecule has 1 fully saturated rings. The number of fused-ring (bicyclic) bond motifs is 1. The van der Waals surface area contributed by atoms with Crippen molar-refractivity contribution in [3.05, 3.63) is 53.8 Å². The van der Waals surface area contributed by atoms with Gasteiger partial charge in [0.2, 0.25) is 0 Å². The van der Waals surface area contributed by atoms with E-state index >= 15 is 0 Å². The highest BCUT2D eigenvalue weighted by Crippen LogP contribution is 2.37. The summed E-state index contributed by atoms with van der Waals surface area (Å²) in [5.74, 6) is 0.183. The lowest BCUT2D eigenvalue weighted by molar-refractivity contribution is -0.117. The summed E-state index contributed by atoms with van der Waals surface area (Å²) in [6, 6.07) is 14.1. The molecule has 1 aliphatic carbocycles. The lowest BCUT2D eigenvalue weighted by Gasteiger charge is -2.31. The summed E-state index contributed by atoms with van der Waals surface area (Å²) < 4.78 is 0. The van der Waals surface area contributed by atoms with Gasteiger partial charge in [0.05, 0.1) is 17.0 Å². The molecule has 130 valence electrons. The normalized spacial score (nSPS) is 20.9. The zero-order chi connectivity index (χ0) is 18.0. The summed E-state index contributed by atoms with van der Waals surface area (Å²) in [6.07, 6.45) is 2.44. The van der Waals surface area contributed by atoms with Crippen LogP contribution in [0.1, 0.15) is 46.5 Å². The molecule has 0 heterocycles. The minimum atomic E-state index is -0.142. The van der Waals surface area contributed by atoms with Crippen LogP contribution >= 0.6 is 0 Å². The van der Waals surface area contributed by atoms with Crippen LogP contribution in [0.4, 0.5) is 5.69 Å². The first-order valence-corrected chi connectivity index (χ1v) is 8.92. The van der Waals surface area contributed by atoms with Crippen molar-refractivity contribution in [2.75, 3.05) is 0 Å². The largest absolute Gasteiger partial charge is 0.511 e. The molecule has 2 aromatic rings. The fourth-order valence-corrected chi connectivity index (χ4v) is 3.52. The smallest absolute Gasteiger partial charge is 0.168 e. The van der Waals surface area contributed by atoms with Gasteiger partial charge in [-0.2, -0.15) is 0 Å². The standard InChI is InChI=1S/C22H25NO2/c1-4-8-19(24)21-18(13-22(2,3)14-20(21)25)23-17-12-7-10-15-9-5-6-11-16(15)17/h5-7,9-12,24H,4,8,13-14H2,1-3H3/b21-19-,23-18?. The number of carbonyl (C=O) groups excluding carboxylic acids is 1. The van der Waals surface area contributed by atoms with E-state index in [4.69, 9.17) is 4.99 Å². The first kappa shape index (κ1) is 17.4. The zero-order valence-corrected chi connectivity index (χ0v) is 15.2. The number of rotatable bonds is 3. The summed E-state index contributed by atoms with van der Waals surface area (Å²) >= 11 is 0. The van der Waals surface area contributed by atoms with E-state index in [1.54, 1.807) is 0 Å². The van der Waals surface area contributed by atoms with Gasteiger partial charge < -0.3 is 5.11 Å². The molecule has 3 heteroatoms. The molecule has 3 rings (SSSR count). The SMILES string of the molecule is CCC/C(O)=C1/C(=O)CC(C)(C)CC1=Nc1cccc2ccccc12. The topological polar surface area (TPSA) is 49.7 Å². The number of benzene rings is 2. The van der Waals surface area contributed by atoms with Crippen molar-refractivity contribution in [1.29, 1.82) is 0 Å². The Bertz CT molecular complexity index is 869. The van der Waals surface area contributed by atoms with E-state index in [9.17, 15) is 9.90 Å². The highest BCUT2D eigenvalue weighted by molar-refractivity contribution is 6.25. The number of Topliss-reactive ketones (excluding diaryl/α,β-unsaturated/α-hetero) is 1. The predicted molar refractivity (Wildman–Crippen MR) is 104 cm³/mol. The lowest BCUT2D eigenvalue weighted by Crippen LogP contribution is -2.32. The van der Waals surface area contributed by atoms with Crippen LogP contribution in [0.25, 0.3) is 10.8 Å². The Kier molecular flexibility index (Phi) is 4.76. The molecule has 0 aliphatic heterocycles. The molecule has 0 amide bonds. The molecule has 1 aliphatic rings. The van der Waals surface area contributed by atoms with Crippen LogP contribution in [-0.2, 0) is 4.79 Å². The van der Waals surface area contributed by atoms with Gasteiger partial charge in [0.25, 0.3) is 0 Å². The minimum absolute atomic E-state index is 0.00110. The second-order valence-corrected chi connectivity index (χ2v) is 7.57. The van der Waals surface area contributed by atoms with Gasteiger partial charge in [0.15, 0.2) is 5.78 Å². The van der Waals surface area contributed by atoms with Gasteiger partial charge in [-0.3, -0.25) is 9.79 Å². The third-order valence-corrected chi connectivity index (χ3v) is 4.65. The van der Waals surface area contributed by atoms with Gasteiger partial charge in [-0.15, -0.1) is 0 Å². The Balaban J connectivity index is 2.17. The van der Waals surface area contributed by atoms with E-state index in [2.05, 4.69) is 26.0 Å². The fourth-order valence-electron chi connectivity index (χ4n) is 3.52. The van der Waals surface area contributed by atoms with E-state index in [-0.39, 0.29) is 17.0 Å². The Morgan fingerprint density at radius 2 is 1.84 bits per heavy atom. The summed E-state index contributed by atoms with van der Waals surface area (Å²) in [5, 5.41) is 12.6. The van der Waals surface area contributed by atoms with Gasteiger partial charge in [-0.25, -0.2) is 0 Å². The first-order valence-electron chi connectivity index (χ1n) is 8.92. The maximum atomic E-state index is 12.7. The van der Waals surface area contributed by atoms with Crippen LogP contribution in [-0.4, -0.2) is 16.6 Å². The molecule has 25 heavy (non-hydrogen) atoms. The van der Waals surface area contributed by atoms with Gasteiger partial charge >= 0.3 is 0 Å². The van der Waals surface area contributed by atoms with Crippen LogP contribution in [0.5, 0.6) is 0 Å². The number of allylic oxidation sites excluding steroid dienone is 2. The maximum absolute atomic E-state index is 12.7. The van der Waals surface area contributed by atoms with E-state index < -0.39 is 0 Å². The van der Waals surface area contributed by atoms with Crippen molar-refractivity contribution in [1.82, 2.24) is 0 Å². The molecular weight excluding hydrogens is 310 g/mol. The first-order chi connectivity index (χ1) is 11.9. The number of aliphatic hydroxyl groups excluding tert-OH is 1. The van der Waals surface area contributed by atoms with Crippen molar-refractivity contribution >= 4 is 28.0 Å². The molecule has 0 saturated heterocycles. The van der Waals surface area contributed by atoms with Gasteiger partial charge in [0.1, 0.15) is 5.76 Å². The number of hydrogen-bond acceptors (Lipinski definition) is 3. The van der Waals surface area contributed by atoms with E-state index in [1.807, 2.05) is 37.3 Å². The van der Waals surface area contributed by atoms with Crippen molar-refractivity contribution in [2.45, 2.75) is 46.5 Å². The zero-order valence-electron chi connectivity index (χ0n) is 15.2. The van der Waals surface area contributed by atoms with Crippen LogP contribution in [0.3, 0.4) is 0 Å². The number of nitrogens with zero attached hydrogens (tertiary/aromatic N) is 1. The second-order valence-electron chi connectivity index (χ2n) is 7.57. The van der Waals surface area contributed by atoms with Gasteiger partial charge in [-0.1, -0.05) is 57.2 Å². The van der Waals surface area contributed by atoms with Crippen molar-refractivity contribution in [3.63, 3.8) is 0 Å². The quantitative estimate of drug-likeness (QED) is 0.559. The van der Waals surface area contributed by atoms with Crippen molar-refractivity contribution in [3.8, 4) is 0 Å². The average Bonchev–Trinajstić information content (AvgIpc) is 2.54. The second kappa shape index (κ2) is 6.83. The Labute approximate surface area is 149 Å². The highest BCUT2D eigenvalue weighted by atomic mass is 16.3. The number of aliphatic imine (C=N–C) groups is 1. The van der Waals surface area contributed by atoms with Crippen LogP contribution in [0, 0.1) is 5.41 Å². The molecule has 0 radical (unpaired) electrons. The molecule has 2 aromatic carbocycles. The van der Waals surface area contributed by atoms with Crippen LogP contribution < -0.4 is 0 Å². The van der Waals surface area contributed by atoms with Gasteiger partial charge in [0, 0.05) is 18.2 Å². The Morgan fingerprint density at radius 1 is 1.12 bits per heavy atom. The molecular formula is C22H25NO2. The monoisotopic (exact) mass is 335 g/mol. The molecule has 0 bridgehead atoms. The summed E-state index contributed by atoms with van der Waals surface area (Å²) in [4.78, 5) is 17.5. The molecule has 0 atom stereocenters. The lowest BCUT2D eigenvalue weighted by atomic mass is 9.73. The predicted octanol–water partition coefficient (Wildman–Crippen LogP) is 5.91. The molecule has 1 saturated carbocycles. The molecule has 0 unspecified atom stereocenters. The average molecular weight is 335 g/mol. The number of aliphatic hydroxyl groups is 1. The number of carbonyl (C=O) groups is 1. The fraction of sp³-hybridized carbons (Fsp3) is 0.364. The van der Waals surface area contributed by atoms with Crippen LogP contribution in [0.2, 0.25) is 0 Å². The molecule has 0 spiro atoms. The molecule has 1 N–H and O–H groups in total. The Hall–Kier alpha value is -2.42. The van der Waals surface area contributed by atoms with E-state index in [0.717, 1.165) is 22.9 Å². The molecule has 3 nitrogen and oxygen atoms in total. The summed E-state index contributed by atoms with van der Waals surface area (Å²) in [5.41, 5.74) is 1.86. The summed E-state index contributed by atoms with van der Waals surface area (Å²) in [6.45, 7) is 6.16. The van der Waals surface area contributed by atoms with Crippen molar-refractivity contribution in [2.24, 2.45) is 10.4 Å². The van der Waals surface area contributed by atoms with Crippen molar-refractivity contribution < 1.29 is 9.90 Å². The van der Waals surface area contributed by atoms with E-state index in [1.165, 1.54) is 0 Å². The highest BCUT2D eigenvalue weighted by Gasteiger charge is 2.36. The third kappa shape index (κ3) is 3.65. The molecule has 0 aromatic heterocycles. The maximum Gasteiger partial charge on any atom is 0.168 e. The van der Waals surface area contributed by atoms with Crippen LogP contribution in [0.15, 0.2) is 58.8 Å². The minimum Gasteiger partial charge on any atom is -0.511 e. The third-order valence-electron chi connectivity index (χ3n) is 4.65. The van der Waals surface area contributed by atoms with Gasteiger partial charge in [-0.05, 0) is 29.7 Å². The van der Waals surface area contributed by atoms with E-state index in [0.29, 0.717) is 30.5 Å². The number of hydrogen-bond donors (Lipinski definition) is 1. The Morgan fingerprint density at radius 3 is 2.60 bits per heavy atom. The number of ketones is 1. The summed E-state index contributed by atoms with van der Waals surface area (Å²) in [7, 11) is 0.